The summed E-state index contributed by atoms with van der Waals surface area (Å²) in [7, 11) is 0. The molecule has 0 fully saturated rings. The van der Waals surface area contributed by atoms with Crippen molar-refractivity contribution in [2.24, 2.45) is 0 Å². The number of hydrogen-bond donors (Lipinski definition) is 2. The highest BCUT2D eigenvalue weighted by atomic mass is 16.4. The Hall–Kier alpha value is -1.58. The van der Waals surface area contributed by atoms with Gasteiger partial charge in [-0.05, 0) is 12.8 Å². The van der Waals surface area contributed by atoms with E-state index in [2.05, 4.69) is 5.32 Å². The Morgan fingerprint density at radius 3 is 2.67 bits per heavy atom. The lowest BCUT2D eigenvalue weighted by Gasteiger charge is -2.11. The van der Waals surface area contributed by atoms with Crippen LogP contribution in [-0.4, -0.2) is 17.0 Å². The van der Waals surface area contributed by atoms with Crippen LogP contribution in [0.1, 0.15) is 12.8 Å². The Morgan fingerprint density at radius 1 is 1.58 bits per heavy atom. The molecule has 0 aromatic carbocycles. The summed E-state index contributed by atoms with van der Waals surface area (Å²) in [6.07, 6.45) is 5.56. The average molecular weight is 167 g/mol. The van der Waals surface area contributed by atoms with Gasteiger partial charge in [-0.1, -0.05) is 6.08 Å². The summed E-state index contributed by atoms with van der Waals surface area (Å²) in [5, 5.41) is 10.5. The number of aliphatic carboxylic acids is 1. The van der Waals surface area contributed by atoms with Gasteiger partial charge in [0.25, 0.3) is 5.91 Å². The van der Waals surface area contributed by atoms with Gasteiger partial charge >= 0.3 is 5.97 Å². The predicted molar refractivity (Wildman–Crippen MR) is 42.2 cm³/mol. The first kappa shape index (κ1) is 8.52. The van der Waals surface area contributed by atoms with E-state index in [0.717, 1.165) is 30.7 Å². The molecule has 64 valence electrons. The van der Waals surface area contributed by atoms with Crippen molar-refractivity contribution in [2.75, 3.05) is 0 Å². The van der Waals surface area contributed by atoms with Crippen LogP contribution in [0.2, 0.25) is 0 Å². The van der Waals surface area contributed by atoms with E-state index >= 15 is 0 Å². The summed E-state index contributed by atoms with van der Waals surface area (Å²) in [5.41, 5.74) is 0.727. The van der Waals surface area contributed by atoms with Gasteiger partial charge in [-0.25, -0.2) is 4.79 Å². The second-order valence-electron chi connectivity index (χ2n) is 2.41. The van der Waals surface area contributed by atoms with Gasteiger partial charge in [0.05, 0.1) is 0 Å². The molecule has 0 aliphatic heterocycles. The van der Waals surface area contributed by atoms with Crippen LogP contribution in [-0.2, 0) is 9.59 Å². The highest BCUT2D eigenvalue weighted by molar-refractivity contribution is 5.95. The monoisotopic (exact) mass is 167 g/mol. The normalized spacial score (nSPS) is 15.2. The number of nitrogens with one attached hydrogen (secondary N) is 1. The number of rotatable bonds is 3. The van der Waals surface area contributed by atoms with Gasteiger partial charge in [-0.3, -0.25) is 4.79 Å². The van der Waals surface area contributed by atoms with Crippen LogP contribution in [0.3, 0.4) is 0 Å². The van der Waals surface area contributed by atoms with Crippen LogP contribution >= 0.6 is 0 Å². The second kappa shape index (κ2) is 3.71. The zero-order valence-corrected chi connectivity index (χ0v) is 6.41. The van der Waals surface area contributed by atoms with E-state index < -0.39 is 5.97 Å². The Labute approximate surface area is 69.6 Å². The van der Waals surface area contributed by atoms with Crippen LogP contribution in [0, 0.1) is 0 Å². The molecular formula is C8H9NO3. The van der Waals surface area contributed by atoms with Crippen molar-refractivity contribution >= 4 is 11.9 Å². The molecule has 1 amide bonds. The summed E-state index contributed by atoms with van der Waals surface area (Å²) < 4.78 is 0. The highest BCUT2D eigenvalue weighted by Crippen LogP contribution is 2.17. The van der Waals surface area contributed by atoms with E-state index in [9.17, 15) is 9.59 Å². The summed E-state index contributed by atoms with van der Waals surface area (Å²) in [4.78, 5) is 21.0. The molecule has 1 aliphatic carbocycles. The molecule has 1 aliphatic rings. The first-order valence-corrected chi connectivity index (χ1v) is 3.59. The van der Waals surface area contributed by atoms with Crippen molar-refractivity contribution in [2.45, 2.75) is 12.8 Å². The van der Waals surface area contributed by atoms with Crippen LogP contribution in [0.4, 0.5) is 0 Å². The molecule has 1 rings (SSSR count). The zero-order chi connectivity index (χ0) is 8.97. The third kappa shape index (κ3) is 2.23. The average Bonchev–Trinajstić information content (AvgIpc) is 1.81. The lowest BCUT2D eigenvalue weighted by atomic mass is 9.99. The molecule has 0 aromatic rings. The van der Waals surface area contributed by atoms with Gasteiger partial charge < -0.3 is 10.4 Å². The van der Waals surface area contributed by atoms with E-state index in [0.29, 0.717) is 0 Å². The van der Waals surface area contributed by atoms with Gasteiger partial charge in [0, 0.05) is 17.8 Å². The molecule has 0 spiro atoms. The molecular weight excluding hydrogens is 158 g/mol. The number of allylic oxidation sites excluding steroid dienone is 1. The molecule has 0 heterocycles. The minimum atomic E-state index is -1.07. The SMILES string of the molecule is O=C(O)C=CNC(=O)C1=CCC1. The Balaban J connectivity index is 2.32. The summed E-state index contributed by atoms with van der Waals surface area (Å²) in [6, 6.07) is 0. The molecule has 0 aromatic heterocycles. The topological polar surface area (TPSA) is 66.4 Å². The molecule has 12 heavy (non-hydrogen) atoms. The molecule has 0 bridgehead atoms. The fourth-order valence-corrected chi connectivity index (χ4v) is 0.776. The quantitative estimate of drug-likeness (QED) is 0.598. The van der Waals surface area contributed by atoms with Crippen LogP contribution in [0.15, 0.2) is 23.9 Å². The maximum atomic E-state index is 11.0. The van der Waals surface area contributed by atoms with E-state index in [4.69, 9.17) is 5.11 Å². The number of carboxylic acids is 1. The zero-order valence-electron chi connectivity index (χ0n) is 6.41. The molecule has 0 atom stereocenters. The number of carbonyl (C=O) groups is 2. The molecule has 2 N–H and O–H groups in total. The van der Waals surface area contributed by atoms with Gasteiger partial charge in [-0.15, -0.1) is 0 Å². The highest BCUT2D eigenvalue weighted by Gasteiger charge is 2.12. The molecule has 0 radical (unpaired) electrons. The molecule has 0 saturated carbocycles. The van der Waals surface area contributed by atoms with Crippen LogP contribution < -0.4 is 5.32 Å². The Morgan fingerprint density at radius 2 is 2.25 bits per heavy atom. The number of hydrogen-bond acceptors (Lipinski definition) is 2. The van der Waals surface area contributed by atoms with Gasteiger partial charge in [0.2, 0.25) is 0 Å². The van der Waals surface area contributed by atoms with Crippen molar-refractivity contribution in [3.8, 4) is 0 Å². The Kier molecular flexibility index (Phi) is 2.63. The summed E-state index contributed by atoms with van der Waals surface area (Å²) >= 11 is 0. The molecule has 0 unspecified atom stereocenters. The van der Waals surface area contributed by atoms with E-state index in [1.807, 2.05) is 6.08 Å². The summed E-state index contributed by atoms with van der Waals surface area (Å²) in [5.74, 6) is -1.28. The van der Waals surface area contributed by atoms with Crippen LogP contribution in [0.5, 0.6) is 0 Å². The lowest BCUT2D eigenvalue weighted by molar-refractivity contribution is -0.131. The maximum absolute atomic E-state index is 11.0. The molecule has 4 heteroatoms. The smallest absolute Gasteiger partial charge is 0.329 e. The van der Waals surface area contributed by atoms with Crippen molar-refractivity contribution in [3.63, 3.8) is 0 Å². The third-order valence-corrected chi connectivity index (χ3v) is 1.54. The fourth-order valence-electron chi connectivity index (χ4n) is 0.776. The minimum absolute atomic E-state index is 0.209. The standard InChI is InChI=1S/C8H9NO3/c10-7(11)4-5-9-8(12)6-2-1-3-6/h2,4-5H,1,3H2,(H,9,12)(H,10,11). The minimum Gasteiger partial charge on any atom is -0.478 e. The third-order valence-electron chi connectivity index (χ3n) is 1.54. The molecule has 4 nitrogen and oxygen atoms in total. The fraction of sp³-hybridized carbons (Fsp3) is 0.250. The van der Waals surface area contributed by atoms with Gasteiger partial charge in [0.1, 0.15) is 0 Å². The predicted octanol–water partition coefficient (Wildman–Crippen LogP) is 0.421. The number of amides is 1. The van der Waals surface area contributed by atoms with Crippen molar-refractivity contribution in [1.29, 1.82) is 0 Å². The largest absolute Gasteiger partial charge is 0.478 e. The molecule has 0 saturated heterocycles. The van der Waals surface area contributed by atoms with Crippen molar-refractivity contribution in [1.82, 2.24) is 5.32 Å². The maximum Gasteiger partial charge on any atom is 0.329 e. The van der Waals surface area contributed by atoms with E-state index in [-0.39, 0.29) is 5.91 Å². The summed E-state index contributed by atoms with van der Waals surface area (Å²) in [6.45, 7) is 0. The van der Waals surface area contributed by atoms with Crippen LogP contribution in [0.25, 0.3) is 0 Å². The Bertz CT molecular complexity index is 265. The van der Waals surface area contributed by atoms with E-state index in [1.165, 1.54) is 0 Å². The first-order valence-electron chi connectivity index (χ1n) is 3.59. The second-order valence-corrected chi connectivity index (χ2v) is 2.41. The van der Waals surface area contributed by atoms with Crippen molar-refractivity contribution in [3.05, 3.63) is 23.9 Å². The lowest BCUT2D eigenvalue weighted by Crippen LogP contribution is -2.22. The van der Waals surface area contributed by atoms with Gasteiger partial charge in [0.15, 0.2) is 0 Å². The van der Waals surface area contributed by atoms with Crippen molar-refractivity contribution < 1.29 is 14.7 Å². The van der Waals surface area contributed by atoms with E-state index in [1.54, 1.807) is 0 Å². The number of carboxylic acid groups (broad SMARTS) is 1. The first-order chi connectivity index (χ1) is 5.70. The number of carbonyl (C=O) groups excluding carboxylic acids is 1. The van der Waals surface area contributed by atoms with Gasteiger partial charge in [-0.2, -0.15) is 0 Å².